The number of phenols is 1. The molecule has 0 spiro atoms. The van der Waals surface area contributed by atoms with Crippen molar-refractivity contribution in [3.8, 4) is 11.8 Å². The molecule has 16 heavy (non-hydrogen) atoms. The largest absolute Gasteiger partial charge is 0.507 e. The van der Waals surface area contributed by atoms with Gasteiger partial charge in [0.05, 0.1) is 17.7 Å². The second-order valence-corrected chi connectivity index (χ2v) is 3.26. The summed E-state index contributed by atoms with van der Waals surface area (Å²) < 4.78 is 4.81. The second kappa shape index (κ2) is 5.38. The van der Waals surface area contributed by atoms with Crippen molar-refractivity contribution < 1.29 is 14.6 Å². The molecule has 1 aromatic rings. The van der Waals surface area contributed by atoms with Gasteiger partial charge in [0, 0.05) is 5.88 Å². The Labute approximate surface area is 98.0 Å². The van der Waals surface area contributed by atoms with E-state index in [2.05, 4.69) is 0 Å². The Morgan fingerprint density at radius 1 is 1.62 bits per heavy atom. The zero-order chi connectivity index (χ0) is 12.1. The van der Waals surface area contributed by atoms with E-state index < -0.39 is 5.97 Å². The third-order valence-electron chi connectivity index (χ3n) is 1.98. The molecule has 1 aromatic carbocycles. The van der Waals surface area contributed by atoms with E-state index in [4.69, 9.17) is 21.6 Å². The smallest absolute Gasteiger partial charge is 0.338 e. The molecule has 0 fully saturated rings. The fraction of sp³-hybridized carbons (Fsp3) is 0.273. The minimum atomic E-state index is -0.557. The number of benzene rings is 1. The fourth-order valence-electron chi connectivity index (χ4n) is 1.23. The van der Waals surface area contributed by atoms with Crippen LogP contribution in [0.2, 0.25) is 0 Å². The molecule has 0 aromatic heterocycles. The molecule has 4 nitrogen and oxygen atoms in total. The molecule has 0 heterocycles. The molecular weight excluding hydrogens is 230 g/mol. The predicted octanol–water partition coefficient (Wildman–Crippen LogP) is 2.18. The highest BCUT2D eigenvalue weighted by molar-refractivity contribution is 6.17. The van der Waals surface area contributed by atoms with Gasteiger partial charge in [0.15, 0.2) is 0 Å². The molecule has 0 radical (unpaired) electrons. The van der Waals surface area contributed by atoms with Gasteiger partial charge in [0.25, 0.3) is 0 Å². The normalized spacial score (nSPS) is 9.56. The molecule has 0 unspecified atom stereocenters. The van der Waals surface area contributed by atoms with Crippen LogP contribution in [0.4, 0.5) is 0 Å². The van der Waals surface area contributed by atoms with Crippen LogP contribution in [-0.4, -0.2) is 17.7 Å². The maximum atomic E-state index is 11.5. The molecular formula is C11H10ClNO3. The Hall–Kier alpha value is -1.73. The third kappa shape index (κ3) is 2.44. The lowest BCUT2D eigenvalue weighted by atomic mass is 10.0. The number of esters is 1. The first kappa shape index (κ1) is 12.3. The van der Waals surface area contributed by atoms with Gasteiger partial charge >= 0.3 is 5.97 Å². The van der Waals surface area contributed by atoms with E-state index in [9.17, 15) is 9.90 Å². The molecule has 0 atom stereocenters. The minimum absolute atomic E-state index is 0.0725. The zero-order valence-corrected chi connectivity index (χ0v) is 9.41. The SMILES string of the molecule is CCOC(=O)c1cc(O)c(C#N)cc1CCl. The van der Waals surface area contributed by atoms with Gasteiger partial charge in [-0.25, -0.2) is 4.79 Å². The van der Waals surface area contributed by atoms with Gasteiger partial charge in [0.1, 0.15) is 11.8 Å². The van der Waals surface area contributed by atoms with E-state index in [0.717, 1.165) is 0 Å². The van der Waals surface area contributed by atoms with Crippen molar-refractivity contribution in [2.75, 3.05) is 6.61 Å². The Balaban J connectivity index is 3.24. The van der Waals surface area contributed by atoms with Gasteiger partial charge in [-0.1, -0.05) is 0 Å². The zero-order valence-electron chi connectivity index (χ0n) is 8.66. The number of hydrogen-bond donors (Lipinski definition) is 1. The number of alkyl halides is 1. The summed E-state index contributed by atoms with van der Waals surface area (Å²) in [6.45, 7) is 1.92. The van der Waals surface area contributed by atoms with Crippen LogP contribution in [0.25, 0.3) is 0 Å². The molecule has 1 N–H and O–H groups in total. The van der Waals surface area contributed by atoms with Crippen molar-refractivity contribution in [2.24, 2.45) is 0 Å². The number of nitriles is 1. The summed E-state index contributed by atoms with van der Waals surface area (Å²) in [5.41, 5.74) is 0.742. The Morgan fingerprint density at radius 3 is 2.81 bits per heavy atom. The van der Waals surface area contributed by atoms with Crippen molar-refractivity contribution in [3.05, 3.63) is 28.8 Å². The van der Waals surface area contributed by atoms with Crippen LogP contribution in [0.15, 0.2) is 12.1 Å². The molecule has 5 heteroatoms. The van der Waals surface area contributed by atoms with Crippen molar-refractivity contribution in [2.45, 2.75) is 12.8 Å². The number of carbonyl (C=O) groups is 1. The highest BCUT2D eigenvalue weighted by atomic mass is 35.5. The van der Waals surface area contributed by atoms with Crippen LogP contribution in [-0.2, 0) is 10.6 Å². The Bertz CT molecular complexity index is 451. The van der Waals surface area contributed by atoms with Crippen LogP contribution in [0.1, 0.15) is 28.4 Å². The first-order valence-electron chi connectivity index (χ1n) is 4.63. The summed E-state index contributed by atoms with van der Waals surface area (Å²) in [6.07, 6.45) is 0. The van der Waals surface area contributed by atoms with Crippen LogP contribution in [0.5, 0.6) is 5.75 Å². The number of carbonyl (C=O) groups excluding carboxylic acids is 1. The number of nitrogens with zero attached hydrogens (tertiary/aromatic N) is 1. The van der Waals surface area contributed by atoms with Crippen LogP contribution >= 0.6 is 11.6 Å². The van der Waals surface area contributed by atoms with Gasteiger partial charge in [-0.05, 0) is 24.6 Å². The highest BCUT2D eigenvalue weighted by Gasteiger charge is 2.15. The summed E-state index contributed by atoms with van der Waals surface area (Å²) in [5, 5.41) is 18.2. The van der Waals surface area contributed by atoms with Gasteiger partial charge < -0.3 is 9.84 Å². The predicted molar refractivity (Wildman–Crippen MR) is 58.3 cm³/mol. The fourth-order valence-corrected chi connectivity index (χ4v) is 1.45. The maximum Gasteiger partial charge on any atom is 0.338 e. The molecule has 0 aliphatic heterocycles. The topological polar surface area (TPSA) is 70.3 Å². The van der Waals surface area contributed by atoms with E-state index in [1.165, 1.54) is 12.1 Å². The monoisotopic (exact) mass is 239 g/mol. The summed E-state index contributed by atoms with van der Waals surface area (Å²) in [4.78, 5) is 11.5. The minimum Gasteiger partial charge on any atom is -0.507 e. The van der Waals surface area contributed by atoms with E-state index in [0.29, 0.717) is 5.56 Å². The lowest BCUT2D eigenvalue weighted by Crippen LogP contribution is -2.08. The van der Waals surface area contributed by atoms with Gasteiger partial charge in [-0.3, -0.25) is 0 Å². The van der Waals surface area contributed by atoms with Crippen molar-refractivity contribution in [1.29, 1.82) is 5.26 Å². The summed E-state index contributed by atoms with van der Waals surface area (Å²) >= 11 is 5.66. The molecule has 0 saturated carbocycles. The molecule has 0 aliphatic carbocycles. The summed E-state index contributed by atoms with van der Waals surface area (Å²) in [5.74, 6) is -0.735. The van der Waals surface area contributed by atoms with Crippen LogP contribution in [0, 0.1) is 11.3 Å². The van der Waals surface area contributed by atoms with E-state index in [-0.39, 0.29) is 29.4 Å². The van der Waals surface area contributed by atoms with Crippen molar-refractivity contribution in [3.63, 3.8) is 0 Å². The number of phenolic OH excluding ortho intramolecular Hbond substituents is 1. The van der Waals surface area contributed by atoms with E-state index >= 15 is 0 Å². The van der Waals surface area contributed by atoms with E-state index in [1.807, 2.05) is 6.07 Å². The van der Waals surface area contributed by atoms with Crippen LogP contribution in [0.3, 0.4) is 0 Å². The number of rotatable bonds is 3. The average Bonchev–Trinajstić information content (AvgIpc) is 2.29. The molecule has 0 aliphatic rings. The van der Waals surface area contributed by atoms with Crippen molar-refractivity contribution in [1.82, 2.24) is 0 Å². The quantitative estimate of drug-likeness (QED) is 0.648. The highest BCUT2D eigenvalue weighted by Crippen LogP contribution is 2.24. The maximum absolute atomic E-state index is 11.5. The lowest BCUT2D eigenvalue weighted by Gasteiger charge is -2.08. The molecule has 0 saturated heterocycles. The Kier molecular flexibility index (Phi) is 4.15. The van der Waals surface area contributed by atoms with E-state index in [1.54, 1.807) is 6.92 Å². The summed E-state index contributed by atoms with van der Waals surface area (Å²) in [7, 11) is 0. The summed E-state index contributed by atoms with van der Waals surface area (Å²) in [6, 6.07) is 4.39. The standard InChI is InChI=1S/C11H10ClNO3/c1-2-16-11(15)9-4-10(14)8(6-13)3-7(9)5-12/h3-4,14H,2,5H2,1H3. The molecule has 0 amide bonds. The number of aromatic hydroxyl groups is 1. The average molecular weight is 240 g/mol. The van der Waals surface area contributed by atoms with Gasteiger partial charge in [-0.15, -0.1) is 11.6 Å². The van der Waals surface area contributed by atoms with Gasteiger partial charge in [-0.2, -0.15) is 5.26 Å². The third-order valence-corrected chi connectivity index (χ3v) is 2.27. The number of halogens is 1. The molecule has 1 rings (SSSR count). The molecule has 84 valence electrons. The first-order valence-corrected chi connectivity index (χ1v) is 5.16. The van der Waals surface area contributed by atoms with Crippen molar-refractivity contribution >= 4 is 17.6 Å². The molecule has 0 bridgehead atoms. The van der Waals surface area contributed by atoms with Gasteiger partial charge in [0.2, 0.25) is 0 Å². The number of ether oxygens (including phenoxy) is 1. The van der Waals surface area contributed by atoms with Crippen LogP contribution < -0.4 is 0 Å². The first-order chi connectivity index (χ1) is 7.63. The Morgan fingerprint density at radius 2 is 2.31 bits per heavy atom. The second-order valence-electron chi connectivity index (χ2n) is 2.99. The lowest BCUT2D eigenvalue weighted by molar-refractivity contribution is 0.0525. The number of hydrogen-bond acceptors (Lipinski definition) is 4.